The summed E-state index contributed by atoms with van der Waals surface area (Å²) in [5, 5.41) is 2.73. The Morgan fingerprint density at radius 3 is 2.48 bits per heavy atom. The molecule has 0 saturated heterocycles. The molecule has 11 heteroatoms. The Labute approximate surface area is 183 Å². The molecule has 2 aromatic carbocycles. The molecule has 3 rings (SSSR count). The molecule has 0 aliphatic carbocycles. The standard InChI is InChI=1S/C20H22F2N4O3S2/c1-25(2)31(28,29)15-8-9-17-16(12-15)24-18(26(17)3)10-11-19(27)23-13-4-6-14(7-5-13)30-20(21)22/h4-9,12,20H,10-11H2,1-3H3,(H,23,27). The summed E-state index contributed by atoms with van der Waals surface area (Å²) in [6, 6.07) is 10.9. The molecule has 0 aliphatic heterocycles. The molecule has 0 unspecified atom stereocenters. The summed E-state index contributed by atoms with van der Waals surface area (Å²) in [4.78, 5) is 17.3. The summed E-state index contributed by atoms with van der Waals surface area (Å²) in [7, 11) is 1.17. The Morgan fingerprint density at radius 2 is 1.87 bits per heavy atom. The van der Waals surface area contributed by atoms with E-state index in [4.69, 9.17) is 0 Å². The second-order valence-corrected chi connectivity index (χ2v) is 10.2. The number of hydrogen-bond acceptors (Lipinski definition) is 5. The number of carbonyl (C=O) groups excluding carboxylic acids is 1. The van der Waals surface area contributed by atoms with Gasteiger partial charge in [-0.05, 0) is 42.5 Å². The van der Waals surface area contributed by atoms with Crippen molar-refractivity contribution in [2.75, 3.05) is 19.4 Å². The SMILES string of the molecule is CN(C)S(=O)(=O)c1ccc2c(c1)nc(CCC(=O)Nc1ccc(SC(F)F)cc1)n2C. The average Bonchev–Trinajstić information content (AvgIpc) is 3.02. The normalized spacial score (nSPS) is 12.1. The first-order valence-electron chi connectivity index (χ1n) is 9.30. The molecule has 0 saturated carbocycles. The van der Waals surface area contributed by atoms with Crippen molar-refractivity contribution < 1.29 is 22.0 Å². The average molecular weight is 469 g/mol. The first kappa shape index (κ1) is 23.2. The number of fused-ring (bicyclic) bond motifs is 1. The number of amides is 1. The number of imidazole rings is 1. The van der Waals surface area contributed by atoms with Gasteiger partial charge in [0, 0.05) is 44.6 Å². The molecule has 1 heterocycles. The van der Waals surface area contributed by atoms with Crippen molar-refractivity contribution in [1.29, 1.82) is 0 Å². The van der Waals surface area contributed by atoms with E-state index in [1.807, 2.05) is 11.6 Å². The highest BCUT2D eigenvalue weighted by Gasteiger charge is 2.19. The third kappa shape index (κ3) is 5.41. The van der Waals surface area contributed by atoms with Crippen LogP contribution in [0.25, 0.3) is 11.0 Å². The Hall–Kier alpha value is -2.50. The van der Waals surface area contributed by atoms with Crippen LogP contribution in [0, 0.1) is 0 Å². The second kappa shape index (κ2) is 9.33. The zero-order valence-corrected chi connectivity index (χ0v) is 18.8. The Balaban J connectivity index is 1.67. The monoisotopic (exact) mass is 468 g/mol. The van der Waals surface area contributed by atoms with Crippen LogP contribution in [0.5, 0.6) is 0 Å². The molecule has 3 aromatic rings. The smallest absolute Gasteiger partial charge is 0.288 e. The molecule has 0 atom stereocenters. The number of aryl methyl sites for hydroxylation is 2. The Kier molecular flexibility index (Phi) is 6.97. The largest absolute Gasteiger partial charge is 0.331 e. The van der Waals surface area contributed by atoms with Gasteiger partial charge in [0.1, 0.15) is 5.82 Å². The number of nitrogens with zero attached hydrogens (tertiary/aromatic N) is 3. The van der Waals surface area contributed by atoms with E-state index in [1.54, 1.807) is 18.2 Å². The molecule has 0 fully saturated rings. The lowest BCUT2D eigenvalue weighted by Crippen LogP contribution is -2.22. The fraction of sp³-hybridized carbons (Fsp3) is 0.300. The highest BCUT2D eigenvalue weighted by atomic mass is 32.2. The Morgan fingerprint density at radius 1 is 1.19 bits per heavy atom. The van der Waals surface area contributed by atoms with Gasteiger partial charge in [-0.1, -0.05) is 11.8 Å². The summed E-state index contributed by atoms with van der Waals surface area (Å²) < 4.78 is 52.4. The molecular formula is C20H22F2N4O3S2. The summed E-state index contributed by atoms with van der Waals surface area (Å²) in [5.41, 5.74) is 1.82. The van der Waals surface area contributed by atoms with E-state index in [9.17, 15) is 22.0 Å². The lowest BCUT2D eigenvalue weighted by molar-refractivity contribution is -0.116. The van der Waals surface area contributed by atoms with Gasteiger partial charge < -0.3 is 9.88 Å². The van der Waals surface area contributed by atoms with E-state index in [1.165, 1.54) is 38.4 Å². The predicted octanol–water partition coefficient (Wildman–Crippen LogP) is 3.71. The number of rotatable bonds is 8. The number of sulfonamides is 1. The third-order valence-corrected chi connectivity index (χ3v) is 7.20. The van der Waals surface area contributed by atoms with Crippen LogP contribution in [-0.2, 0) is 28.3 Å². The van der Waals surface area contributed by atoms with Crippen LogP contribution in [0.4, 0.5) is 14.5 Å². The first-order valence-corrected chi connectivity index (χ1v) is 11.6. The van der Waals surface area contributed by atoms with Gasteiger partial charge in [0.2, 0.25) is 15.9 Å². The maximum atomic E-state index is 12.4. The number of benzene rings is 2. The summed E-state index contributed by atoms with van der Waals surface area (Å²) >= 11 is 0.444. The number of nitrogens with one attached hydrogen (secondary N) is 1. The molecule has 31 heavy (non-hydrogen) atoms. The molecule has 1 aromatic heterocycles. The second-order valence-electron chi connectivity index (χ2n) is 6.98. The number of thioether (sulfide) groups is 1. The van der Waals surface area contributed by atoms with Gasteiger partial charge in [0.05, 0.1) is 15.9 Å². The predicted molar refractivity (Wildman–Crippen MR) is 117 cm³/mol. The van der Waals surface area contributed by atoms with E-state index < -0.39 is 15.8 Å². The van der Waals surface area contributed by atoms with E-state index in [-0.39, 0.29) is 17.2 Å². The molecule has 1 N–H and O–H groups in total. The van der Waals surface area contributed by atoms with E-state index in [2.05, 4.69) is 10.3 Å². The molecule has 7 nitrogen and oxygen atoms in total. The van der Waals surface area contributed by atoms with Crippen molar-refractivity contribution in [1.82, 2.24) is 13.9 Å². The van der Waals surface area contributed by atoms with Gasteiger partial charge in [-0.2, -0.15) is 8.78 Å². The van der Waals surface area contributed by atoms with Gasteiger partial charge in [0.15, 0.2) is 0 Å². The Bertz CT molecular complexity index is 1190. The minimum atomic E-state index is -3.57. The maximum absolute atomic E-state index is 12.4. The van der Waals surface area contributed by atoms with Crippen LogP contribution in [-0.4, -0.2) is 48.0 Å². The number of aromatic nitrogens is 2. The highest BCUT2D eigenvalue weighted by Crippen LogP contribution is 2.26. The van der Waals surface area contributed by atoms with Gasteiger partial charge in [-0.15, -0.1) is 0 Å². The van der Waals surface area contributed by atoms with Crippen LogP contribution in [0.1, 0.15) is 12.2 Å². The number of anilines is 1. The molecule has 0 aliphatic rings. The van der Waals surface area contributed by atoms with Gasteiger partial charge in [-0.3, -0.25) is 4.79 Å². The van der Waals surface area contributed by atoms with Crippen molar-refractivity contribution in [3.8, 4) is 0 Å². The topological polar surface area (TPSA) is 84.3 Å². The number of carbonyl (C=O) groups is 1. The zero-order valence-electron chi connectivity index (χ0n) is 17.2. The number of halogens is 2. The lowest BCUT2D eigenvalue weighted by atomic mass is 10.2. The molecule has 0 spiro atoms. The quantitative estimate of drug-likeness (QED) is 0.510. The molecule has 0 bridgehead atoms. The van der Waals surface area contributed by atoms with Crippen molar-refractivity contribution in [3.63, 3.8) is 0 Å². The maximum Gasteiger partial charge on any atom is 0.288 e. The van der Waals surface area contributed by atoms with E-state index >= 15 is 0 Å². The summed E-state index contributed by atoms with van der Waals surface area (Å²) in [6.45, 7) is 0. The third-order valence-electron chi connectivity index (χ3n) is 4.66. The van der Waals surface area contributed by atoms with Crippen LogP contribution >= 0.6 is 11.8 Å². The molecule has 1 amide bonds. The van der Waals surface area contributed by atoms with Crippen molar-refractivity contribution in [2.45, 2.75) is 28.4 Å². The van der Waals surface area contributed by atoms with Crippen molar-refractivity contribution in [3.05, 3.63) is 48.3 Å². The summed E-state index contributed by atoms with van der Waals surface area (Å²) in [5.74, 6) is -2.08. The fourth-order valence-corrected chi connectivity index (χ4v) is 4.41. The first-order chi connectivity index (χ1) is 14.6. The molecular weight excluding hydrogens is 446 g/mol. The van der Waals surface area contributed by atoms with E-state index in [0.29, 0.717) is 40.1 Å². The molecule has 0 radical (unpaired) electrons. The van der Waals surface area contributed by atoms with Crippen LogP contribution < -0.4 is 5.32 Å². The number of hydrogen-bond donors (Lipinski definition) is 1. The van der Waals surface area contributed by atoms with Gasteiger partial charge in [0.25, 0.3) is 5.76 Å². The van der Waals surface area contributed by atoms with Crippen LogP contribution in [0.15, 0.2) is 52.3 Å². The number of alkyl halides is 2. The minimum Gasteiger partial charge on any atom is -0.331 e. The summed E-state index contributed by atoms with van der Waals surface area (Å²) in [6.07, 6.45) is 0.514. The van der Waals surface area contributed by atoms with Crippen molar-refractivity contribution >= 4 is 44.4 Å². The zero-order chi connectivity index (χ0) is 22.8. The van der Waals surface area contributed by atoms with E-state index in [0.717, 1.165) is 9.82 Å². The minimum absolute atomic E-state index is 0.154. The lowest BCUT2D eigenvalue weighted by Gasteiger charge is -2.10. The van der Waals surface area contributed by atoms with Gasteiger partial charge in [-0.25, -0.2) is 17.7 Å². The van der Waals surface area contributed by atoms with Crippen LogP contribution in [0.3, 0.4) is 0 Å². The highest BCUT2D eigenvalue weighted by molar-refractivity contribution is 7.99. The molecule has 166 valence electrons. The van der Waals surface area contributed by atoms with Crippen molar-refractivity contribution in [2.24, 2.45) is 7.05 Å². The van der Waals surface area contributed by atoms with Crippen LogP contribution in [0.2, 0.25) is 0 Å². The van der Waals surface area contributed by atoms with Gasteiger partial charge >= 0.3 is 0 Å². The fourth-order valence-electron chi connectivity index (χ4n) is 2.99.